The van der Waals surface area contributed by atoms with Gasteiger partial charge in [-0.2, -0.15) is 5.26 Å². The molecule has 0 radical (unpaired) electrons. The second-order valence-corrected chi connectivity index (χ2v) is 6.88. The Labute approximate surface area is 138 Å². The molecule has 3 rings (SSSR count). The molecule has 0 fully saturated rings. The second kappa shape index (κ2) is 6.50. The van der Waals surface area contributed by atoms with Gasteiger partial charge < -0.3 is 4.90 Å². The lowest BCUT2D eigenvalue weighted by Gasteiger charge is -2.16. The first-order valence-electron chi connectivity index (χ1n) is 7.72. The van der Waals surface area contributed by atoms with E-state index >= 15 is 0 Å². The van der Waals surface area contributed by atoms with E-state index in [-0.39, 0.29) is 24.4 Å². The lowest BCUT2D eigenvalue weighted by atomic mass is 9.97. The largest absolute Gasteiger partial charge is 0.343 e. The van der Waals surface area contributed by atoms with Crippen LogP contribution in [0.15, 0.2) is 11.1 Å². The molecule has 0 aliphatic heterocycles. The summed E-state index contributed by atoms with van der Waals surface area (Å²) >= 11 is 1.60. The summed E-state index contributed by atoms with van der Waals surface area (Å²) in [7, 11) is 1.64. The van der Waals surface area contributed by atoms with Crippen molar-refractivity contribution >= 4 is 27.5 Å². The van der Waals surface area contributed by atoms with E-state index in [1.54, 1.807) is 18.4 Å². The Morgan fingerprint density at radius 1 is 1.48 bits per heavy atom. The van der Waals surface area contributed by atoms with Crippen molar-refractivity contribution in [3.63, 3.8) is 0 Å². The normalized spacial score (nSPS) is 13.6. The van der Waals surface area contributed by atoms with Crippen LogP contribution in [0, 0.1) is 11.3 Å². The highest BCUT2D eigenvalue weighted by Crippen LogP contribution is 2.33. The molecule has 0 aromatic carbocycles. The van der Waals surface area contributed by atoms with Gasteiger partial charge in [0.05, 0.1) is 24.2 Å². The molecule has 0 saturated carbocycles. The number of nitrogens with zero attached hydrogens (tertiary/aromatic N) is 4. The van der Waals surface area contributed by atoms with Gasteiger partial charge in [-0.05, 0) is 31.2 Å². The van der Waals surface area contributed by atoms with Crippen LogP contribution in [-0.4, -0.2) is 34.0 Å². The van der Waals surface area contributed by atoms with Crippen molar-refractivity contribution in [1.29, 1.82) is 5.26 Å². The van der Waals surface area contributed by atoms with Gasteiger partial charge in [0.1, 0.15) is 11.4 Å². The van der Waals surface area contributed by atoms with Gasteiger partial charge in [-0.3, -0.25) is 14.2 Å². The number of rotatable bonds is 4. The third-order valence-corrected chi connectivity index (χ3v) is 5.43. The lowest BCUT2D eigenvalue weighted by Crippen LogP contribution is -2.34. The van der Waals surface area contributed by atoms with Crippen LogP contribution >= 0.6 is 11.3 Å². The van der Waals surface area contributed by atoms with E-state index in [9.17, 15) is 9.59 Å². The number of likely N-dealkylation sites (N-methyl/N-ethyl adjacent to an activating group) is 1. The van der Waals surface area contributed by atoms with Gasteiger partial charge in [-0.15, -0.1) is 11.3 Å². The van der Waals surface area contributed by atoms with E-state index in [0.717, 1.165) is 36.1 Å². The predicted octanol–water partition coefficient (Wildman–Crippen LogP) is 1.71. The quantitative estimate of drug-likeness (QED) is 0.855. The Kier molecular flexibility index (Phi) is 4.44. The zero-order valence-corrected chi connectivity index (χ0v) is 13.9. The summed E-state index contributed by atoms with van der Waals surface area (Å²) in [6.45, 7) is 0.335. The average Bonchev–Trinajstić information content (AvgIpc) is 2.94. The molecule has 0 N–H and O–H groups in total. The van der Waals surface area contributed by atoms with Crippen LogP contribution in [0.4, 0.5) is 0 Å². The van der Waals surface area contributed by atoms with E-state index in [1.807, 2.05) is 6.07 Å². The number of amides is 1. The maximum atomic E-state index is 12.7. The molecule has 2 aromatic heterocycles. The van der Waals surface area contributed by atoms with Crippen molar-refractivity contribution in [2.24, 2.45) is 0 Å². The van der Waals surface area contributed by atoms with Crippen molar-refractivity contribution in [2.45, 2.75) is 38.6 Å². The minimum atomic E-state index is -0.187. The fraction of sp³-hybridized carbons (Fsp3) is 0.500. The Balaban J connectivity index is 1.91. The van der Waals surface area contributed by atoms with Gasteiger partial charge in [0, 0.05) is 18.5 Å². The smallest absolute Gasteiger partial charge is 0.262 e. The molecule has 2 aromatic rings. The molecule has 0 saturated heterocycles. The van der Waals surface area contributed by atoms with Gasteiger partial charge in [-0.1, -0.05) is 0 Å². The van der Waals surface area contributed by atoms with E-state index in [4.69, 9.17) is 5.26 Å². The molecule has 7 heteroatoms. The van der Waals surface area contributed by atoms with Crippen LogP contribution in [-0.2, 0) is 24.2 Å². The Morgan fingerprint density at radius 3 is 3.04 bits per heavy atom. The summed E-state index contributed by atoms with van der Waals surface area (Å²) in [5.41, 5.74) is 1.00. The molecule has 0 atom stereocenters. The molecule has 0 unspecified atom stereocenters. The molecule has 6 nitrogen and oxygen atoms in total. The van der Waals surface area contributed by atoms with E-state index in [2.05, 4.69) is 4.98 Å². The summed E-state index contributed by atoms with van der Waals surface area (Å²) in [5, 5.41) is 9.28. The number of hydrogen-bond donors (Lipinski definition) is 0. The van der Waals surface area contributed by atoms with Crippen LogP contribution in [0.1, 0.15) is 29.7 Å². The number of nitriles is 1. The number of carbonyl (C=O) groups is 1. The standard InChI is InChI=1S/C16H18N4O2S/c1-19(8-4-7-17)13(21)9-20-10-18-15-14(16(20)22)11-5-2-3-6-12(11)23-15/h10H,2-6,8-9H2,1H3. The third kappa shape index (κ3) is 2.99. The van der Waals surface area contributed by atoms with Crippen molar-refractivity contribution < 1.29 is 4.79 Å². The molecular weight excluding hydrogens is 312 g/mol. The maximum Gasteiger partial charge on any atom is 0.262 e. The first kappa shape index (κ1) is 15.7. The molecule has 2 heterocycles. The van der Waals surface area contributed by atoms with Crippen molar-refractivity contribution in [2.75, 3.05) is 13.6 Å². The molecule has 120 valence electrons. The lowest BCUT2D eigenvalue weighted by molar-refractivity contribution is -0.130. The van der Waals surface area contributed by atoms with Crippen molar-refractivity contribution in [1.82, 2.24) is 14.5 Å². The highest BCUT2D eigenvalue weighted by molar-refractivity contribution is 7.18. The SMILES string of the molecule is CN(CCC#N)C(=O)Cn1cnc2sc3c(c2c1=O)CCCC3. The number of thiophene rings is 1. The summed E-state index contributed by atoms with van der Waals surface area (Å²) in [5.74, 6) is -0.187. The number of aromatic nitrogens is 2. The maximum absolute atomic E-state index is 12.7. The van der Waals surface area contributed by atoms with E-state index in [0.29, 0.717) is 11.9 Å². The Hall–Kier alpha value is -2.20. The van der Waals surface area contributed by atoms with Gasteiger partial charge in [0.25, 0.3) is 5.56 Å². The molecular formula is C16H18N4O2S. The summed E-state index contributed by atoms with van der Waals surface area (Å²) in [4.78, 5) is 32.8. The van der Waals surface area contributed by atoms with E-state index < -0.39 is 0 Å². The fourth-order valence-electron chi connectivity index (χ4n) is 2.90. The molecule has 0 spiro atoms. The van der Waals surface area contributed by atoms with E-state index in [1.165, 1.54) is 20.7 Å². The van der Waals surface area contributed by atoms with Crippen LogP contribution in [0.2, 0.25) is 0 Å². The van der Waals surface area contributed by atoms with Gasteiger partial charge in [0.2, 0.25) is 5.91 Å². The Morgan fingerprint density at radius 2 is 2.26 bits per heavy atom. The molecule has 1 amide bonds. The van der Waals surface area contributed by atoms with Crippen LogP contribution in [0.25, 0.3) is 10.2 Å². The minimum Gasteiger partial charge on any atom is -0.343 e. The highest BCUT2D eigenvalue weighted by atomic mass is 32.1. The summed E-state index contributed by atoms with van der Waals surface area (Å²) < 4.78 is 1.38. The van der Waals surface area contributed by atoms with Gasteiger partial charge in [-0.25, -0.2) is 4.98 Å². The molecule has 0 bridgehead atoms. The zero-order chi connectivity index (χ0) is 16.4. The molecule has 1 aliphatic rings. The topological polar surface area (TPSA) is 79.0 Å². The van der Waals surface area contributed by atoms with Gasteiger partial charge >= 0.3 is 0 Å². The monoisotopic (exact) mass is 330 g/mol. The van der Waals surface area contributed by atoms with Crippen LogP contribution < -0.4 is 5.56 Å². The predicted molar refractivity (Wildman–Crippen MR) is 88.4 cm³/mol. The number of fused-ring (bicyclic) bond motifs is 3. The minimum absolute atomic E-state index is 0.0334. The number of hydrogen-bond acceptors (Lipinski definition) is 5. The third-order valence-electron chi connectivity index (χ3n) is 4.23. The fourth-order valence-corrected chi connectivity index (χ4v) is 4.12. The first-order chi connectivity index (χ1) is 11.1. The molecule has 23 heavy (non-hydrogen) atoms. The van der Waals surface area contributed by atoms with Crippen LogP contribution in [0.3, 0.4) is 0 Å². The summed E-state index contributed by atoms with van der Waals surface area (Å²) in [6.07, 6.45) is 5.95. The number of carbonyl (C=O) groups excluding carboxylic acids is 1. The second-order valence-electron chi connectivity index (χ2n) is 5.79. The van der Waals surface area contributed by atoms with Crippen LogP contribution in [0.5, 0.6) is 0 Å². The zero-order valence-electron chi connectivity index (χ0n) is 13.0. The van der Waals surface area contributed by atoms with Crippen molar-refractivity contribution in [3.05, 3.63) is 27.1 Å². The first-order valence-corrected chi connectivity index (χ1v) is 8.54. The Bertz CT molecular complexity index is 846. The van der Waals surface area contributed by atoms with Crippen molar-refractivity contribution in [3.8, 4) is 6.07 Å². The number of aryl methyl sites for hydroxylation is 2. The average molecular weight is 330 g/mol. The van der Waals surface area contributed by atoms with Gasteiger partial charge in [0.15, 0.2) is 0 Å². The summed E-state index contributed by atoms with van der Waals surface area (Å²) in [6, 6.07) is 2.01. The highest BCUT2D eigenvalue weighted by Gasteiger charge is 2.20. The molecule has 1 aliphatic carbocycles.